The summed E-state index contributed by atoms with van der Waals surface area (Å²) in [5.74, 6) is 1.31. The van der Waals surface area contributed by atoms with Crippen LogP contribution in [0.15, 0.2) is 59.2 Å². The Labute approximate surface area is 137 Å². The molecule has 0 saturated carbocycles. The van der Waals surface area contributed by atoms with Gasteiger partial charge in [-0.3, -0.25) is 0 Å². The van der Waals surface area contributed by atoms with E-state index in [1.807, 2.05) is 48.5 Å². The van der Waals surface area contributed by atoms with Crippen LogP contribution in [0.1, 0.15) is 5.69 Å². The van der Waals surface area contributed by atoms with Crippen LogP contribution in [0.4, 0.5) is 0 Å². The standard InChI is InChI=1S/C17H14N4O3/c1-22-14-8-6-12(7-9-14)17-18-13(10-23-17)11-24-21-16-5-3-2-4-15(16)19-20-21/h2-10H,11H2,1H3. The number of benzene rings is 2. The maximum absolute atomic E-state index is 5.63. The Morgan fingerprint density at radius 3 is 2.75 bits per heavy atom. The molecule has 0 unspecified atom stereocenters. The highest BCUT2D eigenvalue weighted by Gasteiger charge is 2.09. The lowest BCUT2D eigenvalue weighted by molar-refractivity contribution is 0.0731. The maximum atomic E-state index is 5.63. The largest absolute Gasteiger partial charge is 0.497 e. The average Bonchev–Trinajstić information content (AvgIpc) is 3.27. The van der Waals surface area contributed by atoms with Gasteiger partial charge < -0.3 is 14.0 Å². The Bertz CT molecular complexity index is 959. The molecule has 2 aromatic carbocycles. The molecule has 0 atom stereocenters. The van der Waals surface area contributed by atoms with E-state index >= 15 is 0 Å². The third-order valence-electron chi connectivity index (χ3n) is 3.54. The van der Waals surface area contributed by atoms with Gasteiger partial charge in [0.15, 0.2) is 6.61 Å². The molecule has 7 nitrogen and oxygen atoms in total. The van der Waals surface area contributed by atoms with Gasteiger partial charge in [0.2, 0.25) is 5.89 Å². The quantitative estimate of drug-likeness (QED) is 0.562. The zero-order valence-corrected chi connectivity index (χ0v) is 12.9. The SMILES string of the molecule is COc1ccc(-c2nc(COn3nnc4ccccc43)co2)cc1. The molecule has 0 radical (unpaired) electrons. The molecule has 0 N–H and O–H groups in total. The second kappa shape index (κ2) is 6.04. The highest BCUT2D eigenvalue weighted by molar-refractivity contribution is 5.73. The smallest absolute Gasteiger partial charge is 0.226 e. The second-order valence-corrected chi connectivity index (χ2v) is 5.10. The van der Waals surface area contributed by atoms with Gasteiger partial charge >= 0.3 is 0 Å². The minimum absolute atomic E-state index is 0.229. The van der Waals surface area contributed by atoms with Crippen molar-refractivity contribution >= 4 is 11.0 Å². The molecule has 0 aliphatic rings. The van der Waals surface area contributed by atoms with Crippen molar-refractivity contribution in [3.8, 4) is 17.2 Å². The number of rotatable bonds is 5. The zero-order valence-electron chi connectivity index (χ0n) is 12.9. The summed E-state index contributed by atoms with van der Waals surface area (Å²) in [5.41, 5.74) is 3.11. The molecule has 24 heavy (non-hydrogen) atoms. The fourth-order valence-electron chi connectivity index (χ4n) is 2.31. The molecule has 0 bridgehead atoms. The molecular formula is C17H14N4O3. The minimum Gasteiger partial charge on any atom is -0.497 e. The summed E-state index contributed by atoms with van der Waals surface area (Å²) in [6, 6.07) is 15.1. The maximum Gasteiger partial charge on any atom is 0.226 e. The Hall–Kier alpha value is -3.35. The fourth-order valence-corrected chi connectivity index (χ4v) is 2.31. The predicted molar refractivity (Wildman–Crippen MR) is 86.3 cm³/mol. The van der Waals surface area contributed by atoms with Crippen molar-refractivity contribution < 1.29 is 14.0 Å². The number of ether oxygens (including phenoxy) is 1. The summed E-state index contributed by atoms with van der Waals surface area (Å²) >= 11 is 0. The summed E-state index contributed by atoms with van der Waals surface area (Å²) in [7, 11) is 1.63. The third kappa shape index (κ3) is 2.67. The lowest BCUT2D eigenvalue weighted by atomic mass is 10.2. The van der Waals surface area contributed by atoms with E-state index in [2.05, 4.69) is 15.3 Å². The Morgan fingerprint density at radius 1 is 1.08 bits per heavy atom. The lowest BCUT2D eigenvalue weighted by Crippen LogP contribution is -2.12. The molecule has 7 heteroatoms. The third-order valence-corrected chi connectivity index (χ3v) is 3.54. The highest BCUT2D eigenvalue weighted by atomic mass is 16.7. The van der Waals surface area contributed by atoms with Crippen molar-refractivity contribution in [2.75, 3.05) is 7.11 Å². The van der Waals surface area contributed by atoms with Crippen LogP contribution < -0.4 is 9.57 Å². The first-order valence-electron chi connectivity index (χ1n) is 7.36. The number of oxazole rings is 1. The second-order valence-electron chi connectivity index (χ2n) is 5.10. The zero-order chi connectivity index (χ0) is 16.4. The number of para-hydroxylation sites is 1. The first kappa shape index (κ1) is 14.3. The van der Waals surface area contributed by atoms with Crippen molar-refractivity contribution in [3.05, 3.63) is 60.5 Å². The monoisotopic (exact) mass is 322 g/mol. The summed E-state index contributed by atoms with van der Waals surface area (Å²) < 4.78 is 10.6. The van der Waals surface area contributed by atoms with Gasteiger partial charge in [-0.15, -0.1) is 5.10 Å². The number of methoxy groups -OCH3 is 1. The van der Waals surface area contributed by atoms with E-state index in [4.69, 9.17) is 14.0 Å². The minimum atomic E-state index is 0.229. The molecule has 0 aliphatic heterocycles. The molecule has 0 spiro atoms. The van der Waals surface area contributed by atoms with Crippen LogP contribution >= 0.6 is 0 Å². The number of hydrogen-bond acceptors (Lipinski definition) is 6. The van der Waals surface area contributed by atoms with Crippen LogP contribution in [0.25, 0.3) is 22.5 Å². The molecule has 2 aromatic heterocycles. The summed E-state index contributed by atoms with van der Waals surface area (Å²) in [5, 5.41) is 8.00. The summed E-state index contributed by atoms with van der Waals surface area (Å²) in [4.78, 5) is 11.4. The molecule has 0 saturated heterocycles. The number of hydrogen-bond donors (Lipinski definition) is 0. The molecule has 0 amide bonds. The van der Waals surface area contributed by atoms with Gasteiger partial charge in [-0.05, 0) is 41.6 Å². The van der Waals surface area contributed by atoms with E-state index in [-0.39, 0.29) is 6.61 Å². The number of aromatic nitrogens is 4. The Kier molecular flexibility index (Phi) is 3.59. The molecule has 4 aromatic rings. The molecular weight excluding hydrogens is 308 g/mol. The van der Waals surface area contributed by atoms with Crippen molar-refractivity contribution in [3.63, 3.8) is 0 Å². The molecule has 4 rings (SSSR count). The number of nitrogens with zero attached hydrogens (tertiary/aromatic N) is 4. The van der Waals surface area contributed by atoms with Crippen molar-refractivity contribution in [1.29, 1.82) is 0 Å². The Balaban J connectivity index is 1.48. The topological polar surface area (TPSA) is 75.2 Å². The van der Waals surface area contributed by atoms with Crippen molar-refractivity contribution in [1.82, 2.24) is 20.1 Å². The van der Waals surface area contributed by atoms with E-state index in [1.165, 1.54) is 4.85 Å². The molecule has 0 fully saturated rings. The Morgan fingerprint density at radius 2 is 1.92 bits per heavy atom. The van der Waals surface area contributed by atoms with Gasteiger partial charge in [-0.1, -0.05) is 17.0 Å². The van der Waals surface area contributed by atoms with E-state index in [0.29, 0.717) is 11.6 Å². The van der Waals surface area contributed by atoms with Gasteiger partial charge in [0.05, 0.1) is 7.11 Å². The van der Waals surface area contributed by atoms with Crippen LogP contribution in [0, 0.1) is 0 Å². The lowest BCUT2D eigenvalue weighted by Gasteiger charge is -2.02. The van der Waals surface area contributed by atoms with Crippen LogP contribution in [-0.2, 0) is 6.61 Å². The van der Waals surface area contributed by atoms with Crippen LogP contribution in [0.3, 0.4) is 0 Å². The normalized spacial score (nSPS) is 10.9. The van der Waals surface area contributed by atoms with Gasteiger partial charge in [0.25, 0.3) is 0 Å². The van der Waals surface area contributed by atoms with Gasteiger partial charge in [-0.2, -0.15) is 0 Å². The predicted octanol–water partition coefficient (Wildman–Crippen LogP) is 2.72. The van der Waals surface area contributed by atoms with Gasteiger partial charge in [0.1, 0.15) is 28.7 Å². The van der Waals surface area contributed by atoms with Crippen molar-refractivity contribution in [2.24, 2.45) is 0 Å². The molecule has 2 heterocycles. The summed E-state index contributed by atoms with van der Waals surface area (Å²) in [6.07, 6.45) is 1.57. The fraction of sp³-hybridized carbons (Fsp3) is 0.118. The van der Waals surface area contributed by atoms with E-state index in [9.17, 15) is 0 Å². The summed E-state index contributed by atoms with van der Waals surface area (Å²) in [6.45, 7) is 0.229. The van der Waals surface area contributed by atoms with Crippen molar-refractivity contribution in [2.45, 2.75) is 6.61 Å². The molecule has 0 aliphatic carbocycles. The van der Waals surface area contributed by atoms with Gasteiger partial charge in [-0.25, -0.2) is 4.98 Å². The van der Waals surface area contributed by atoms with Crippen LogP contribution in [0.5, 0.6) is 5.75 Å². The first-order valence-corrected chi connectivity index (χ1v) is 7.36. The van der Waals surface area contributed by atoms with E-state index in [0.717, 1.165) is 22.3 Å². The van der Waals surface area contributed by atoms with E-state index in [1.54, 1.807) is 13.4 Å². The first-order chi connectivity index (χ1) is 11.8. The van der Waals surface area contributed by atoms with Gasteiger partial charge in [0, 0.05) is 5.56 Å². The van der Waals surface area contributed by atoms with Crippen LogP contribution in [-0.4, -0.2) is 27.3 Å². The van der Waals surface area contributed by atoms with E-state index < -0.39 is 0 Å². The average molecular weight is 322 g/mol. The number of fused-ring (bicyclic) bond motifs is 1. The molecule has 120 valence electrons. The highest BCUT2D eigenvalue weighted by Crippen LogP contribution is 2.21. The van der Waals surface area contributed by atoms with Crippen LogP contribution in [0.2, 0.25) is 0 Å².